The third kappa shape index (κ3) is 4.28. The summed E-state index contributed by atoms with van der Waals surface area (Å²) in [5.74, 6) is 0. The second-order valence-electron chi connectivity index (χ2n) is 10.5. The minimum atomic E-state index is 0.776. The average Bonchev–Trinajstić information content (AvgIpc) is 3.48. The van der Waals surface area contributed by atoms with E-state index in [9.17, 15) is 0 Å². The highest BCUT2D eigenvalue weighted by atomic mass is 16.3. The molecule has 0 radical (unpaired) electrons. The Labute approximate surface area is 248 Å². The Hall–Kier alpha value is -5.87. The minimum absolute atomic E-state index is 0.776. The lowest BCUT2D eigenvalue weighted by Crippen LogP contribution is -2.02. The Morgan fingerprint density at radius 3 is 1.70 bits per heavy atom. The molecule has 0 saturated heterocycles. The Kier molecular flexibility index (Phi) is 6.08. The normalized spacial score (nSPS) is 11.3. The van der Waals surface area contributed by atoms with Crippen LogP contribution >= 0.6 is 0 Å². The zero-order valence-corrected chi connectivity index (χ0v) is 23.2. The molecule has 0 aliphatic rings. The summed E-state index contributed by atoms with van der Waals surface area (Å²) in [7, 11) is 0. The molecule has 2 heterocycles. The highest BCUT2D eigenvalue weighted by Crippen LogP contribution is 2.47. The van der Waals surface area contributed by atoms with E-state index in [0.29, 0.717) is 0 Å². The van der Waals surface area contributed by atoms with E-state index in [0.717, 1.165) is 77.8 Å². The van der Waals surface area contributed by atoms with Crippen LogP contribution in [0, 0.1) is 0 Å². The van der Waals surface area contributed by atoms with Gasteiger partial charge in [0.1, 0.15) is 22.6 Å². The van der Waals surface area contributed by atoms with Crippen molar-refractivity contribution in [1.82, 2.24) is 15.4 Å². The van der Waals surface area contributed by atoms with Gasteiger partial charge in [0, 0.05) is 27.5 Å². The van der Waals surface area contributed by atoms with Crippen molar-refractivity contribution in [2.75, 3.05) is 0 Å². The number of aromatic nitrogens is 3. The largest absolute Gasteiger partial charge is 0.456 e. The van der Waals surface area contributed by atoms with E-state index in [-0.39, 0.29) is 0 Å². The van der Waals surface area contributed by atoms with Crippen LogP contribution in [-0.4, -0.2) is 15.4 Å². The highest BCUT2D eigenvalue weighted by Gasteiger charge is 2.24. The number of benzene rings is 6. The molecule has 4 nitrogen and oxygen atoms in total. The first-order valence-electron chi connectivity index (χ1n) is 14.3. The van der Waals surface area contributed by atoms with Gasteiger partial charge in [0.15, 0.2) is 0 Å². The molecule has 0 aliphatic heterocycles. The fourth-order valence-corrected chi connectivity index (χ4v) is 6.07. The Morgan fingerprint density at radius 2 is 0.930 bits per heavy atom. The van der Waals surface area contributed by atoms with Gasteiger partial charge >= 0.3 is 0 Å². The summed E-state index contributed by atoms with van der Waals surface area (Å²) in [5.41, 5.74) is 11.6. The fraction of sp³-hybridized carbons (Fsp3) is 0. The van der Waals surface area contributed by atoms with Crippen LogP contribution in [0.25, 0.3) is 77.8 Å². The van der Waals surface area contributed by atoms with E-state index in [1.807, 2.05) is 60.7 Å². The van der Waals surface area contributed by atoms with E-state index in [2.05, 4.69) is 101 Å². The molecule has 0 fully saturated rings. The number of nitrogens with zero attached hydrogens (tertiary/aromatic N) is 3. The number of furan rings is 1. The Morgan fingerprint density at radius 1 is 0.372 bits per heavy atom. The monoisotopic (exact) mass is 551 g/mol. The first kappa shape index (κ1) is 24.9. The van der Waals surface area contributed by atoms with Gasteiger partial charge in [0.05, 0.1) is 0 Å². The molecule has 202 valence electrons. The van der Waals surface area contributed by atoms with Crippen molar-refractivity contribution in [3.63, 3.8) is 0 Å². The van der Waals surface area contributed by atoms with Crippen LogP contribution < -0.4 is 0 Å². The topological polar surface area (TPSA) is 51.8 Å². The van der Waals surface area contributed by atoms with Gasteiger partial charge in [-0.25, -0.2) is 0 Å². The molecule has 6 aromatic carbocycles. The maximum absolute atomic E-state index is 6.34. The second kappa shape index (κ2) is 10.5. The summed E-state index contributed by atoms with van der Waals surface area (Å²) < 4.78 is 6.34. The molecule has 4 heteroatoms. The van der Waals surface area contributed by atoms with Gasteiger partial charge < -0.3 is 4.42 Å². The molecule has 0 spiro atoms. The van der Waals surface area contributed by atoms with Gasteiger partial charge in [-0.1, -0.05) is 140 Å². The Balaban J connectivity index is 1.51. The van der Waals surface area contributed by atoms with Crippen LogP contribution in [0.4, 0.5) is 0 Å². The number of para-hydroxylation sites is 1. The number of hydrogen-bond donors (Lipinski definition) is 0. The molecule has 8 rings (SSSR count). The number of fused-ring (bicyclic) bond motifs is 3. The second-order valence-corrected chi connectivity index (χ2v) is 10.5. The minimum Gasteiger partial charge on any atom is -0.456 e. The molecule has 8 aromatic rings. The first-order valence-corrected chi connectivity index (χ1v) is 14.3. The van der Waals surface area contributed by atoms with E-state index in [4.69, 9.17) is 9.52 Å². The van der Waals surface area contributed by atoms with Crippen LogP contribution in [0.2, 0.25) is 0 Å². The van der Waals surface area contributed by atoms with Gasteiger partial charge in [-0.3, -0.25) is 0 Å². The first-order chi connectivity index (χ1) is 21.4. The summed E-state index contributed by atoms with van der Waals surface area (Å²) in [6.45, 7) is 0. The third-order valence-electron chi connectivity index (χ3n) is 7.95. The molecule has 0 amide bonds. The standard InChI is InChI=1S/C39H25N3O/c1-4-14-26(15-5-1)29-21-12-23-32(36(29)31-22-13-25-34-37(31)30-20-10-11-24-33(30)43-34)39-35(27-16-6-2-7-17-27)38(40-42-41-39)28-18-8-3-9-19-28/h1-25H. The Bertz CT molecular complexity index is 2220. The summed E-state index contributed by atoms with van der Waals surface area (Å²) in [6.07, 6.45) is 0. The maximum atomic E-state index is 6.34. The molecule has 0 unspecified atom stereocenters. The SMILES string of the molecule is c1ccc(-c2cccc(-c3nnnc(-c4ccccc4)c3-c3ccccc3)c2-c2cccc3oc4ccccc4c23)cc1. The molecule has 43 heavy (non-hydrogen) atoms. The van der Waals surface area contributed by atoms with Gasteiger partial charge in [-0.15, -0.1) is 10.2 Å². The van der Waals surface area contributed by atoms with Crippen molar-refractivity contribution in [2.24, 2.45) is 0 Å². The van der Waals surface area contributed by atoms with E-state index in [1.54, 1.807) is 0 Å². The van der Waals surface area contributed by atoms with E-state index < -0.39 is 0 Å². The number of rotatable bonds is 5. The molecule has 0 bridgehead atoms. The molecule has 0 atom stereocenters. The summed E-state index contributed by atoms with van der Waals surface area (Å²) in [4.78, 5) is 0. The molecule has 0 N–H and O–H groups in total. The van der Waals surface area contributed by atoms with E-state index >= 15 is 0 Å². The van der Waals surface area contributed by atoms with Gasteiger partial charge in [-0.05, 0) is 45.2 Å². The van der Waals surface area contributed by atoms with Crippen LogP contribution in [-0.2, 0) is 0 Å². The van der Waals surface area contributed by atoms with Crippen molar-refractivity contribution < 1.29 is 4.42 Å². The van der Waals surface area contributed by atoms with Crippen molar-refractivity contribution in [2.45, 2.75) is 0 Å². The molecule has 0 saturated carbocycles. The predicted octanol–water partition coefficient (Wildman–Crippen LogP) is 10.1. The van der Waals surface area contributed by atoms with Crippen LogP contribution in [0.15, 0.2) is 156 Å². The van der Waals surface area contributed by atoms with Crippen LogP contribution in [0.1, 0.15) is 0 Å². The average molecular weight is 552 g/mol. The maximum Gasteiger partial charge on any atom is 0.136 e. The van der Waals surface area contributed by atoms with Crippen molar-refractivity contribution >= 4 is 21.9 Å². The summed E-state index contributed by atoms with van der Waals surface area (Å²) in [5, 5.41) is 15.9. The van der Waals surface area contributed by atoms with Crippen molar-refractivity contribution in [3.8, 4) is 55.9 Å². The van der Waals surface area contributed by atoms with Gasteiger partial charge in [-0.2, -0.15) is 0 Å². The van der Waals surface area contributed by atoms with E-state index in [1.165, 1.54) is 0 Å². The lowest BCUT2D eigenvalue weighted by atomic mass is 9.85. The molecule has 0 aliphatic carbocycles. The summed E-state index contributed by atoms with van der Waals surface area (Å²) in [6, 6.07) is 52.0. The van der Waals surface area contributed by atoms with Crippen LogP contribution in [0.3, 0.4) is 0 Å². The quantitative estimate of drug-likeness (QED) is 0.214. The summed E-state index contributed by atoms with van der Waals surface area (Å²) >= 11 is 0. The highest BCUT2D eigenvalue weighted by molar-refractivity contribution is 6.15. The predicted molar refractivity (Wildman–Crippen MR) is 174 cm³/mol. The smallest absolute Gasteiger partial charge is 0.136 e. The van der Waals surface area contributed by atoms with Gasteiger partial charge in [0.2, 0.25) is 0 Å². The lowest BCUT2D eigenvalue weighted by molar-refractivity contribution is 0.669. The van der Waals surface area contributed by atoms with Gasteiger partial charge in [0.25, 0.3) is 0 Å². The number of hydrogen-bond acceptors (Lipinski definition) is 4. The molecule has 2 aromatic heterocycles. The molecular weight excluding hydrogens is 526 g/mol. The van der Waals surface area contributed by atoms with Crippen molar-refractivity contribution in [1.29, 1.82) is 0 Å². The zero-order chi connectivity index (χ0) is 28.6. The molecular formula is C39H25N3O. The van der Waals surface area contributed by atoms with Crippen LogP contribution in [0.5, 0.6) is 0 Å². The lowest BCUT2D eigenvalue weighted by Gasteiger charge is -2.19. The van der Waals surface area contributed by atoms with Crippen molar-refractivity contribution in [3.05, 3.63) is 152 Å². The fourth-order valence-electron chi connectivity index (χ4n) is 6.07. The zero-order valence-electron chi connectivity index (χ0n) is 23.2. The third-order valence-corrected chi connectivity index (χ3v) is 7.95.